The molecule has 1 rings (SSSR count). The average molecular weight is 196 g/mol. The number of rotatable bonds is 4. The summed E-state index contributed by atoms with van der Waals surface area (Å²) in [6.45, 7) is 1.11. The number of nitro groups is 1. The van der Waals surface area contributed by atoms with Crippen molar-refractivity contribution in [1.29, 1.82) is 0 Å². The molecule has 0 fully saturated rings. The normalized spacial score (nSPS) is 9.79. The summed E-state index contributed by atoms with van der Waals surface area (Å²) in [7, 11) is 0. The number of anilines is 2. The van der Waals surface area contributed by atoms with E-state index in [0.29, 0.717) is 13.1 Å². The van der Waals surface area contributed by atoms with E-state index in [0.717, 1.165) is 5.69 Å². The topological polar surface area (TPSA) is 107 Å². The molecule has 0 aliphatic heterocycles. The second kappa shape index (κ2) is 4.43. The van der Waals surface area contributed by atoms with Crippen LogP contribution >= 0.6 is 0 Å². The molecule has 0 saturated heterocycles. The summed E-state index contributed by atoms with van der Waals surface area (Å²) in [5, 5.41) is 13.4. The molecule has 76 valence electrons. The van der Waals surface area contributed by atoms with E-state index in [-0.39, 0.29) is 11.4 Å². The van der Waals surface area contributed by atoms with Gasteiger partial charge in [-0.25, -0.2) is 0 Å². The molecule has 0 aromatic heterocycles. The lowest BCUT2D eigenvalue weighted by Gasteiger charge is -2.05. The van der Waals surface area contributed by atoms with Gasteiger partial charge < -0.3 is 16.8 Å². The van der Waals surface area contributed by atoms with Crippen LogP contribution in [0, 0.1) is 10.1 Å². The molecule has 1 aromatic carbocycles. The van der Waals surface area contributed by atoms with Crippen LogP contribution in [-0.2, 0) is 0 Å². The van der Waals surface area contributed by atoms with Crippen LogP contribution in [0.1, 0.15) is 0 Å². The van der Waals surface area contributed by atoms with Gasteiger partial charge in [-0.3, -0.25) is 10.1 Å². The number of nitrogen functional groups attached to an aromatic ring is 1. The molecule has 0 amide bonds. The third kappa shape index (κ3) is 2.33. The number of nitrogens with one attached hydrogen (secondary N) is 1. The molecule has 1 aromatic rings. The van der Waals surface area contributed by atoms with Crippen LogP contribution in [-0.4, -0.2) is 18.0 Å². The number of nitrogens with two attached hydrogens (primary N) is 2. The van der Waals surface area contributed by atoms with Crippen LogP contribution in [0.25, 0.3) is 0 Å². The van der Waals surface area contributed by atoms with Gasteiger partial charge >= 0.3 is 0 Å². The van der Waals surface area contributed by atoms with Crippen molar-refractivity contribution in [3.05, 3.63) is 28.3 Å². The molecular formula is C8H12N4O2. The molecule has 0 bridgehead atoms. The first-order chi connectivity index (χ1) is 6.65. The van der Waals surface area contributed by atoms with Gasteiger partial charge in [0.05, 0.1) is 4.92 Å². The van der Waals surface area contributed by atoms with E-state index >= 15 is 0 Å². The highest BCUT2D eigenvalue weighted by Gasteiger charge is 2.10. The number of hydrogen-bond acceptors (Lipinski definition) is 5. The first-order valence-electron chi connectivity index (χ1n) is 4.13. The van der Waals surface area contributed by atoms with Crippen molar-refractivity contribution in [3.8, 4) is 0 Å². The van der Waals surface area contributed by atoms with Crippen LogP contribution in [0.5, 0.6) is 0 Å². The highest BCUT2D eigenvalue weighted by molar-refractivity contribution is 5.65. The van der Waals surface area contributed by atoms with Gasteiger partial charge in [0.2, 0.25) is 0 Å². The molecule has 5 N–H and O–H groups in total. The fraction of sp³-hybridized carbons (Fsp3) is 0.250. The van der Waals surface area contributed by atoms with Gasteiger partial charge in [-0.15, -0.1) is 0 Å². The molecule has 0 aliphatic rings. The summed E-state index contributed by atoms with van der Waals surface area (Å²) in [6.07, 6.45) is 0. The summed E-state index contributed by atoms with van der Waals surface area (Å²) >= 11 is 0. The zero-order valence-corrected chi connectivity index (χ0v) is 7.56. The fourth-order valence-corrected chi connectivity index (χ4v) is 1.05. The summed E-state index contributed by atoms with van der Waals surface area (Å²) in [5.41, 5.74) is 11.6. The molecule has 0 saturated carbocycles. The molecule has 0 aliphatic carbocycles. The van der Waals surface area contributed by atoms with Gasteiger partial charge in [-0.1, -0.05) is 0 Å². The monoisotopic (exact) mass is 196 g/mol. The molecule has 14 heavy (non-hydrogen) atoms. The van der Waals surface area contributed by atoms with Gasteiger partial charge in [0, 0.05) is 24.8 Å². The van der Waals surface area contributed by atoms with E-state index in [4.69, 9.17) is 11.5 Å². The zero-order chi connectivity index (χ0) is 10.6. The lowest BCUT2D eigenvalue weighted by atomic mass is 10.2. The first-order valence-corrected chi connectivity index (χ1v) is 4.13. The Hall–Kier alpha value is -1.82. The van der Waals surface area contributed by atoms with Crippen LogP contribution < -0.4 is 16.8 Å². The highest BCUT2D eigenvalue weighted by atomic mass is 16.6. The SMILES string of the molecule is NCCNc1ccc([N+](=O)[O-])c(N)c1. The predicted octanol–water partition coefficient (Wildman–Crippen LogP) is 0.548. The first kappa shape index (κ1) is 10.3. The van der Waals surface area contributed by atoms with Crippen LogP contribution in [0.3, 0.4) is 0 Å². The Kier molecular flexibility index (Phi) is 3.24. The van der Waals surface area contributed by atoms with Crippen molar-refractivity contribution in [3.63, 3.8) is 0 Å². The third-order valence-corrected chi connectivity index (χ3v) is 1.70. The zero-order valence-electron chi connectivity index (χ0n) is 7.56. The lowest BCUT2D eigenvalue weighted by Crippen LogP contribution is -2.13. The maximum absolute atomic E-state index is 10.4. The maximum atomic E-state index is 10.4. The minimum absolute atomic E-state index is 0.0803. The number of nitro benzene ring substituents is 1. The molecule has 0 unspecified atom stereocenters. The Morgan fingerprint density at radius 2 is 2.21 bits per heavy atom. The summed E-state index contributed by atoms with van der Waals surface area (Å²) in [5.74, 6) is 0. The summed E-state index contributed by atoms with van der Waals surface area (Å²) in [4.78, 5) is 9.92. The van der Waals surface area contributed by atoms with Gasteiger partial charge in [0.15, 0.2) is 0 Å². The molecule has 0 radical (unpaired) electrons. The van der Waals surface area contributed by atoms with Crippen LogP contribution in [0.4, 0.5) is 17.1 Å². The largest absolute Gasteiger partial charge is 0.393 e. The van der Waals surface area contributed by atoms with E-state index in [9.17, 15) is 10.1 Å². The predicted molar refractivity (Wildman–Crippen MR) is 55.1 cm³/mol. The molecular weight excluding hydrogens is 184 g/mol. The van der Waals surface area contributed by atoms with E-state index < -0.39 is 4.92 Å². The molecule has 0 spiro atoms. The van der Waals surface area contributed by atoms with E-state index in [1.165, 1.54) is 12.1 Å². The Morgan fingerprint density at radius 3 is 2.71 bits per heavy atom. The van der Waals surface area contributed by atoms with Gasteiger partial charge in [-0.05, 0) is 12.1 Å². The minimum Gasteiger partial charge on any atom is -0.393 e. The molecule has 6 heteroatoms. The number of hydrogen-bond donors (Lipinski definition) is 3. The van der Waals surface area contributed by atoms with Crippen LogP contribution in [0.15, 0.2) is 18.2 Å². The quantitative estimate of drug-likeness (QED) is 0.370. The molecule has 0 heterocycles. The highest BCUT2D eigenvalue weighted by Crippen LogP contribution is 2.24. The second-order valence-corrected chi connectivity index (χ2v) is 2.75. The van der Waals surface area contributed by atoms with Crippen molar-refractivity contribution in [2.45, 2.75) is 0 Å². The van der Waals surface area contributed by atoms with E-state index in [2.05, 4.69) is 5.32 Å². The van der Waals surface area contributed by atoms with Crippen molar-refractivity contribution in [1.82, 2.24) is 0 Å². The van der Waals surface area contributed by atoms with Crippen LogP contribution in [0.2, 0.25) is 0 Å². The Labute approximate surface area is 81.0 Å². The van der Waals surface area contributed by atoms with E-state index in [1.54, 1.807) is 6.07 Å². The third-order valence-electron chi connectivity index (χ3n) is 1.70. The second-order valence-electron chi connectivity index (χ2n) is 2.75. The fourth-order valence-electron chi connectivity index (χ4n) is 1.05. The molecule has 6 nitrogen and oxygen atoms in total. The Morgan fingerprint density at radius 1 is 1.50 bits per heavy atom. The minimum atomic E-state index is -0.512. The van der Waals surface area contributed by atoms with Gasteiger partial charge in [0.1, 0.15) is 5.69 Å². The van der Waals surface area contributed by atoms with Crippen molar-refractivity contribution >= 4 is 17.1 Å². The van der Waals surface area contributed by atoms with Crippen molar-refractivity contribution in [2.24, 2.45) is 5.73 Å². The molecule has 0 atom stereocenters. The van der Waals surface area contributed by atoms with Crippen molar-refractivity contribution < 1.29 is 4.92 Å². The Balaban J connectivity index is 2.83. The standard InChI is InChI=1S/C8H12N4O2/c9-3-4-11-6-1-2-8(12(13)14)7(10)5-6/h1-2,5,11H,3-4,9-10H2. The summed E-state index contributed by atoms with van der Waals surface area (Å²) in [6, 6.07) is 4.49. The summed E-state index contributed by atoms with van der Waals surface area (Å²) < 4.78 is 0. The Bertz CT molecular complexity index is 340. The number of benzene rings is 1. The number of nitrogens with zero attached hydrogens (tertiary/aromatic N) is 1. The maximum Gasteiger partial charge on any atom is 0.292 e. The lowest BCUT2D eigenvalue weighted by molar-refractivity contribution is -0.383. The smallest absolute Gasteiger partial charge is 0.292 e. The van der Waals surface area contributed by atoms with Gasteiger partial charge in [0.25, 0.3) is 5.69 Å². The van der Waals surface area contributed by atoms with Crippen molar-refractivity contribution in [2.75, 3.05) is 24.1 Å². The van der Waals surface area contributed by atoms with Gasteiger partial charge in [-0.2, -0.15) is 0 Å². The average Bonchev–Trinajstić information content (AvgIpc) is 2.14. The van der Waals surface area contributed by atoms with E-state index in [1.807, 2.05) is 0 Å².